The fourth-order valence-corrected chi connectivity index (χ4v) is 2.48. The molecule has 0 radical (unpaired) electrons. The molecule has 0 saturated carbocycles. The third-order valence-corrected chi connectivity index (χ3v) is 3.99. The van der Waals surface area contributed by atoms with Crippen molar-refractivity contribution in [1.29, 1.82) is 0 Å². The van der Waals surface area contributed by atoms with Crippen LogP contribution in [0.3, 0.4) is 0 Å². The molecule has 8 heteroatoms. The number of nitrogens with zero attached hydrogens (tertiary/aromatic N) is 1. The summed E-state index contributed by atoms with van der Waals surface area (Å²) in [6, 6.07) is 6.19. The second-order valence-corrected chi connectivity index (χ2v) is 6.07. The van der Waals surface area contributed by atoms with E-state index in [4.69, 9.17) is 21.1 Å². The van der Waals surface area contributed by atoms with Crippen molar-refractivity contribution in [3.63, 3.8) is 0 Å². The number of rotatable bonds is 6. The Kier molecular flexibility index (Phi) is 6.05. The highest BCUT2D eigenvalue weighted by molar-refractivity contribution is 6.32. The molecule has 0 spiro atoms. The second-order valence-electron chi connectivity index (χ2n) is 5.67. The molecule has 0 unspecified atom stereocenters. The molecule has 0 aliphatic heterocycles. The van der Waals surface area contributed by atoms with E-state index in [0.29, 0.717) is 22.0 Å². The SMILES string of the molecule is COc1ccc(NC(=O)[C@H](C)OC(=O)c2cc(C(C)=O)cn2C)cc1Cl. The first-order chi connectivity index (χ1) is 12.2. The van der Waals surface area contributed by atoms with Crippen LogP contribution in [0.4, 0.5) is 5.69 Å². The van der Waals surface area contributed by atoms with E-state index in [1.54, 1.807) is 19.2 Å². The molecule has 7 nitrogen and oxygen atoms in total. The number of esters is 1. The molecule has 1 amide bonds. The third-order valence-electron chi connectivity index (χ3n) is 3.69. The number of Topliss-reactive ketones (excluding diaryl/α,β-unsaturated/α-hetero) is 1. The Hall–Kier alpha value is -2.80. The zero-order chi connectivity index (χ0) is 19.4. The quantitative estimate of drug-likeness (QED) is 0.616. The molecule has 1 N–H and O–H groups in total. The fraction of sp³-hybridized carbons (Fsp3) is 0.278. The van der Waals surface area contributed by atoms with E-state index in [2.05, 4.69) is 5.32 Å². The van der Waals surface area contributed by atoms with Crippen LogP contribution < -0.4 is 10.1 Å². The van der Waals surface area contributed by atoms with Gasteiger partial charge in [0.25, 0.3) is 5.91 Å². The van der Waals surface area contributed by atoms with Crippen LogP contribution >= 0.6 is 11.6 Å². The summed E-state index contributed by atoms with van der Waals surface area (Å²) >= 11 is 6.01. The van der Waals surface area contributed by atoms with E-state index in [1.807, 2.05) is 0 Å². The molecule has 0 aliphatic rings. The molecule has 0 aliphatic carbocycles. The monoisotopic (exact) mass is 378 g/mol. The largest absolute Gasteiger partial charge is 0.495 e. The number of aryl methyl sites for hydroxylation is 1. The van der Waals surface area contributed by atoms with Gasteiger partial charge in [-0.15, -0.1) is 0 Å². The van der Waals surface area contributed by atoms with Gasteiger partial charge in [0.15, 0.2) is 11.9 Å². The molecule has 2 aromatic rings. The highest BCUT2D eigenvalue weighted by Crippen LogP contribution is 2.27. The van der Waals surface area contributed by atoms with Gasteiger partial charge in [0.2, 0.25) is 0 Å². The number of methoxy groups -OCH3 is 1. The Morgan fingerprint density at radius 3 is 2.46 bits per heavy atom. The Labute approximate surface area is 155 Å². The average Bonchev–Trinajstić information content (AvgIpc) is 2.97. The highest BCUT2D eigenvalue weighted by atomic mass is 35.5. The minimum Gasteiger partial charge on any atom is -0.495 e. The van der Waals surface area contributed by atoms with Gasteiger partial charge in [0, 0.05) is 24.5 Å². The van der Waals surface area contributed by atoms with Gasteiger partial charge in [-0.1, -0.05) is 11.6 Å². The molecular formula is C18H19ClN2O5. The van der Waals surface area contributed by atoms with Gasteiger partial charge in [-0.05, 0) is 38.1 Å². The van der Waals surface area contributed by atoms with Gasteiger partial charge < -0.3 is 19.4 Å². The Balaban J connectivity index is 2.03. The lowest BCUT2D eigenvalue weighted by atomic mass is 10.2. The number of hydrogen-bond acceptors (Lipinski definition) is 5. The average molecular weight is 379 g/mol. The van der Waals surface area contributed by atoms with Crippen LogP contribution in [0, 0.1) is 0 Å². The van der Waals surface area contributed by atoms with Crippen molar-refractivity contribution >= 4 is 34.9 Å². The highest BCUT2D eigenvalue weighted by Gasteiger charge is 2.22. The Morgan fingerprint density at radius 2 is 1.92 bits per heavy atom. The maximum Gasteiger partial charge on any atom is 0.355 e. The van der Waals surface area contributed by atoms with Crippen molar-refractivity contribution in [1.82, 2.24) is 4.57 Å². The van der Waals surface area contributed by atoms with Gasteiger partial charge >= 0.3 is 5.97 Å². The molecule has 26 heavy (non-hydrogen) atoms. The number of aromatic nitrogens is 1. The number of hydrogen-bond donors (Lipinski definition) is 1. The standard InChI is InChI=1S/C18H19ClN2O5/c1-10(22)12-7-15(21(3)9-12)18(24)26-11(2)17(23)20-13-5-6-16(25-4)14(19)8-13/h5-9,11H,1-4H3,(H,20,23)/t11-/m0/s1. The number of amides is 1. The number of benzene rings is 1. The van der Waals surface area contributed by atoms with Gasteiger partial charge in [-0.2, -0.15) is 0 Å². The van der Waals surface area contributed by atoms with Crippen LogP contribution in [0.2, 0.25) is 5.02 Å². The van der Waals surface area contributed by atoms with Gasteiger partial charge in [-0.25, -0.2) is 4.79 Å². The number of carbonyl (C=O) groups excluding carboxylic acids is 3. The Morgan fingerprint density at radius 1 is 1.23 bits per heavy atom. The maximum absolute atomic E-state index is 12.2. The lowest BCUT2D eigenvalue weighted by Gasteiger charge is -2.14. The molecule has 2 rings (SSSR count). The number of halogens is 1. The van der Waals surface area contributed by atoms with Crippen LogP contribution in [0.15, 0.2) is 30.5 Å². The van der Waals surface area contributed by atoms with Crippen molar-refractivity contribution in [2.75, 3.05) is 12.4 Å². The summed E-state index contributed by atoms with van der Waals surface area (Å²) in [7, 11) is 3.11. The lowest BCUT2D eigenvalue weighted by molar-refractivity contribution is -0.123. The number of carbonyl (C=O) groups is 3. The van der Waals surface area contributed by atoms with Gasteiger partial charge in [-0.3, -0.25) is 9.59 Å². The van der Waals surface area contributed by atoms with Crippen molar-refractivity contribution in [2.24, 2.45) is 7.05 Å². The first-order valence-electron chi connectivity index (χ1n) is 7.75. The van der Waals surface area contributed by atoms with E-state index >= 15 is 0 Å². The van der Waals surface area contributed by atoms with E-state index in [-0.39, 0.29) is 11.5 Å². The van der Waals surface area contributed by atoms with E-state index in [1.165, 1.54) is 43.9 Å². The molecule has 1 aromatic heterocycles. The van der Waals surface area contributed by atoms with E-state index < -0.39 is 18.0 Å². The van der Waals surface area contributed by atoms with Crippen LogP contribution in [-0.4, -0.2) is 35.4 Å². The summed E-state index contributed by atoms with van der Waals surface area (Å²) in [6.07, 6.45) is 0.488. The molecular weight excluding hydrogens is 360 g/mol. The zero-order valence-corrected chi connectivity index (χ0v) is 15.6. The molecule has 0 saturated heterocycles. The summed E-state index contributed by atoms with van der Waals surface area (Å²) in [6.45, 7) is 2.85. The molecule has 0 fully saturated rings. The minimum atomic E-state index is -1.04. The minimum absolute atomic E-state index is 0.165. The molecule has 0 bridgehead atoms. The fourth-order valence-electron chi connectivity index (χ4n) is 2.22. The molecule has 1 heterocycles. The van der Waals surface area contributed by atoms with Crippen molar-refractivity contribution in [3.8, 4) is 5.75 Å². The lowest BCUT2D eigenvalue weighted by Crippen LogP contribution is -2.30. The predicted octanol–water partition coefficient (Wildman–Crippen LogP) is 3.07. The van der Waals surface area contributed by atoms with Crippen molar-refractivity contribution < 1.29 is 23.9 Å². The predicted molar refractivity (Wildman–Crippen MR) is 96.9 cm³/mol. The van der Waals surface area contributed by atoms with Crippen LogP contribution in [-0.2, 0) is 16.6 Å². The zero-order valence-electron chi connectivity index (χ0n) is 14.8. The summed E-state index contributed by atoms with van der Waals surface area (Å²) in [4.78, 5) is 35.8. The summed E-state index contributed by atoms with van der Waals surface area (Å²) in [5.41, 5.74) is 1.02. The number of anilines is 1. The topological polar surface area (TPSA) is 86.6 Å². The Bertz CT molecular complexity index is 859. The summed E-state index contributed by atoms with van der Waals surface area (Å²) in [5.74, 6) is -0.896. The van der Waals surface area contributed by atoms with Crippen molar-refractivity contribution in [3.05, 3.63) is 46.7 Å². The van der Waals surface area contributed by atoms with Crippen LogP contribution in [0.5, 0.6) is 5.75 Å². The first kappa shape index (κ1) is 19.5. The van der Waals surface area contributed by atoms with Gasteiger partial charge in [0.1, 0.15) is 11.4 Å². The molecule has 1 atom stereocenters. The molecule has 1 aromatic carbocycles. The summed E-state index contributed by atoms with van der Waals surface area (Å²) in [5, 5.41) is 2.95. The van der Waals surface area contributed by atoms with E-state index in [9.17, 15) is 14.4 Å². The van der Waals surface area contributed by atoms with E-state index in [0.717, 1.165) is 0 Å². The van der Waals surface area contributed by atoms with Gasteiger partial charge in [0.05, 0.1) is 12.1 Å². The first-order valence-corrected chi connectivity index (χ1v) is 8.13. The van der Waals surface area contributed by atoms with Crippen LogP contribution in [0.25, 0.3) is 0 Å². The smallest absolute Gasteiger partial charge is 0.355 e. The molecule has 138 valence electrons. The van der Waals surface area contributed by atoms with Crippen molar-refractivity contribution in [2.45, 2.75) is 20.0 Å². The summed E-state index contributed by atoms with van der Waals surface area (Å²) < 4.78 is 11.7. The third kappa shape index (κ3) is 4.43. The number of ether oxygens (including phenoxy) is 2. The normalized spacial score (nSPS) is 11.6. The number of ketones is 1. The van der Waals surface area contributed by atoms with Crippen LogP contribution in [0.1, 0.15) is 34.7 Å². The second kappa shape index (κ2) is 8.05. The number of nitrogens with one attached hydrogen (secondary N) is 1. The maximum atomic E-state index is 12.2.